The van der Waals surface area contributed by atoms with Crippen molar-refractivity contribution in [3.8, 4) is 5.75 Å². The molecular formula is C22H19ClN2O5. The second-order valence-corrected chi connectivity index (χ2v) is 7.43. The van der Waals surface area contributed by atoms with Gasteiger partial charge in [-0.1, -0.05) is 11.6 Å². The van der Waals surface area contributed by atoms with Crippen LogP contribution in [0.25, 0.3) is 11.0 Å². The van der Waals surface area contributed by atoms with Crippen molar-refractivity contribution in [1.82, 2.24) is 4.90 Å². The van der Waals surface area contributed by atoms with E-state index in [1.54, 1.807) is 61.4 Å². The number of carbonyl (C=O) groups excluding carboxylic acids is 2. The Morgan fingerprint density at radius 2 is 1.83 bits per heavy atom. The van der Waals surface area contributed by atoms with Gasteiger partial charge >= 0.3 is 5.63 Å². The van der Waals surface area contributed by atoms with E-state index >= 15 is 0 Å². The minimum atomic E-state index is -0.743. The monoisotopic (exact) mass is 426 g/mol. The van der Waals surface area contributed by atoms with Crippen LogP contribution in [-0.2, 0) is 4.79 Å². The maximum absolute atomic E-state index is 13.1. The van der Waals surface area contributed by atoms with Crippen molar-refractivity contribution in [2.45, 2.75) is 13.0 Å². The number of hydrogen-bond donors (Lipinski definition) is 0. The Labute approximate surface area is 177 Å². The van der Waals surface area contributed by atoms with E-state index in [4.69, 9.17) is 20.8 Å². The molecule has 1 aromatic heterocycles. The molecule has 2 aromatic carbocycles. The molecule has 0 saturated carbocycles. The third-order valence-electron chi connectivity index (χ3n) is 5.23. The first-order chi connectivity index (χ1) is 14.4. The van der Waals surface area contributed by atoms with E-state index in [0.29, 0.717) is 28.3 Å². The fourth-order valence-corrected chi connectivity index (χ4v) is 3.74. The van der Waals surface area contributed by atoms with E-state index in [2.05, 4.69) is 0 Å². The van der Waals surface area contributed by atoms with Crippen molar-refractivity contribution in [2.75, 3.05) is 25.1 Å². The van der Waals surface area contributed by atoms with E-state index < -0.39 is 17.6 Å². The van der Waals surface area contributed by atoms with Crippen LogP contribution < -0.4 is 15.3 Å². The van der Waals surface area contributed by atoms with Gasteiger partial charge in [-0.3, -0.25) is 9.59 Å². The molecule has 8 heteroatoms. The highest BCUT2D eigenvalue weighted by molar-refractivity contribution is 6.31. The molecule has 0 radical (unpaired) electrons. The molecule has 0 aliphatic carbocycles. The quantitative estimate of drug-likeness (QED) is 0.600. The summed E-state index contributed by atoms with van der Waals surface area (Å²) < 4.78 is 10.4. The Bertz CT molecular complexity index is 1190. The van der Waals surface area contributed by atoms with Crippen LogP contribution >= 0.6 is 11.6 Å². The van der Waals surface area contributed by atoms with Crippen LogP contribution in [0.5, 0.6) is 5.75 Å². The lowest BCUT2D eigenvalue weighted by atomic mass is 10.1. The molecule has 2 amide bonds. The van der Waals surface area contributed by atoms with E-state index in [1.165, 1.54) is 11.0 Å². The van der Waals surface area contributed by atoms with Crippen molar-refractivity contribution in [3.63, 3.8) is 0 Å². The van der Waals surface area contributed by atoms with Crippen molar-refractivity contribution < 1.29 is 18.7 Å². The van der Waals surface area contributed by atoms with Gasteiger partial charge in [0.1, 0.15) is 22.9 Å². The predicted octanol–water partition coefficient (Wildman–Crippen LogP) is 3.33. The summed E-state index contributed by atoms with van der Waals surface area (Å²) in [6.07, 6.45) is 0. The molecule has 0 spiro atoms. The fraction of sp³-hybridized carbons (Fsp3) is 0.227. The molecule has 30 heavy (non-hydrogen) atoms. The van der Waals surface area contributed by atoms with E-state index in [0.717, 1.165) is 5.69 Å². The summed E-state index contributed by atoms with van der Waals surface area (Å²) in [4.78, 5) is 41.4. The number of fused-ring (bicyclic) bond motifs is 1. The molecule has 3 aromatic rings. The molecule has 0 bridgehead atoms. The third-order valence-corrected chi connectivity index (χ3v) is 5.46. The minimum absolute atomic E-state index is 0.123. The Balaban J connectivity index is 1.60. The van der Waals surface area contributed by atoms with Gasteiger partial charge in [-0.25, -0.2) is 4.79 Å². The number of methoxy groups -OCH3 is 1. The van der Waals surface area contributed by atoms with Crippen molar-refractivity contribution in [3.05, 3.63) is 69.5 Å². The van der Waals surface area contributed by atoms with Gasteiger partial charge in [0.15, 0.2) is 0 Å². The number of halogens is 1. The zero-order valence-corrected chi connectivity index (χ0v) is 17.2. The molecule has 7 nitrogen and oxygen atoms in total. The smallest absolute Gasteiger partial charge is 0.349 e. The molecule has 1 unspecified atom stereocenters. The van der Waals surface area contributed by atoms with Gasteiger partial charge in [-0.05, 0) is 55.5 Å². The summed E-state index contributed by atoms with van der Waals surface area (Å²) in [6, 6.07) is 12.7. The molecule has 154 valence electrons. The Morgan fingerprint density at radius 3 is 2.53 bits per heavy atom. The molecule has 0 N–H and O–H groups in total. The first kappa shape index (κ1) is 20.0. The highest BCUT2D eigenvalue weighted by Gasteiger charge is 2.36. The molecule has 1 saturated heterocycles. The molecule has 1 atom stereocenters. The van der Waals surface area contributed by atoms with Gasteiger partial charge < -0.3 is 19.0 Å². The summed E-state index contributed by atoms with van der Waals surface area (Å²) in [7, 11) is 1.57. The van der Waals surface area contributed by atoms with Gasteiger partial charge in [0.05, 0.1) is 7.11 Å². The maximum Gasteiger partial charge on any atom is 0.349 e. The fourth-order valence-electron chi connectivity index (χ4n) is 3.56. The van der Waals surface area contributed by atoms with Gasteiger partial charge in [0, 0.05) is 29.2 Å². The predicted molar refractivity (Wildman–Crippen MR) is 113 cm³/mol. The normalized spacial score (nSPS) is 16.8. The molecule has 1 aliphatic heterocycles. The lowest BCUT2D eigenvalue weighted by molar-refractivity contribution is -0.124. The van der Waals surface area contributed by atoms with E-state index in [-0.39, 0.29) is 18.0 Å². The Morgan fingerprint density at radius 1 is 1.10 bits per heavy atom. The van der Waals surface area contributed by atoms with Crippen molar-refractivity contribution in [2.24, 2.45) is 0 Å². The van der Waals surface area contributed by atoms with Crippen LogP contribution in [0.3, 0.4) is 0 Å². The molecule has 1 fully saturated rings. The second-order valence-electron chi connectivity index (χ2n) is 6.99. The van der Waals surface area contributed by atoms with Crippen LogP contribution in [0, 0.1) is 0 Å². The molecule has 4 rings (SSSR count). The largest absolute Gasteiger partial charge is 0.497 e. The second kappa shape index (κ2) is 7.84. The van der Waals surface area contributed by atoms with E-state index in [1.807, 2.05) is 0 Å². The summed E-state index contributed by atoms with van der Waals surface area (Å²) in [5, 5.41) is 1.01. The van der Waals surface area contributed by atoms with Gasteiger partial charge in [-0.15, -0.1) is 0 Å². The number of amides is 2. The third kappa shape index (κ3) is 3.52. The number of carbonyl (C=O) groups is 2. The number of benzene rings is 2. The van der Waals surface area contributed by atoms with Crippen LogP contribution in [-0.4, -0.2) is 43.0 Å². The number of ether oxygens (including phenoxy) is 1. The van der Waals surface area contributed by atoms with Gasteiger partial charge in [-0.2, -0.15) is 0 Å². The Hall–Kier alpha value is -3.32. The molecular weight excluding hydrogens is 408 g/mol. The van der Waals surface area contributed by atoms with Gasteiger partial charge in [0.25, 0.3) is 5.91 Å². The number of nitrogens with zero attached hydrogens (tertiary/aromatic N) is 2. The average Bonchev–Trinajstić information content (AvgIpc) is 2.75. The zero-order valence-electron chi connectivity index (χ0n) is 16.4. The summed E-state index contributed by atoms with van der Waals surface area (Å²) in [5.41, 5.74) is 0.198. The molecule has 1 aliphatic rings. The highest BCUT2D eigenvalue weighted by Crippen LogP contribution is 2.25. The number of hydrogen-bond acceptors (Lipinski definition) is 5. The van der Waals surface area contributed by atoms with Crippen molar-refractivity contribution in [1.29, 1.82) is 0 Å². The average molecular weight is 427 g/mol. The number of piperazine rings is 1. The minimum Gasteiger partial charge on any atom is -0.497 e. The first-order valence-corrected chi connectivity index (χ1v) is 9.76. The molecule has 2 heterocycles. The topological polar surface area (TPSA) is 80.1 Å². The standard InChI is InChI=1S/C22H19ClN2O5/c1-13-20(26)25(16-4-6-17(29-2)7-5-16)10-9-24(13)21(27)18-12-14-11-15(23)3-8-19(14)30-22(18)28/h3-8,11-13H,9-10H2,1-2H3. The van der Waals surface area contributed by atoms with Gasteiger partial charge in [0.2, 0.25) is 5.91 Å². The number of rotatable bonds is 3. The lowest BCUT2D eigenvalue weighted by Gasteiger charge is -2.39. The summed E-state index contributed by atoms with van der Waals surface area (Å²) >= 11 is 6.00. The first-order valence-electron chi connectivity index (χ1n) is 9.39. The Kier molecular flexibility index (Phi) is 5.22. The zero-order chi connectivity index (χ0) is 21.4. The van der Waals surface area contributed by atoms with Crippen LogP contribution in [0.4, 0.5) is 5.69 Å². The maximum atomic E-state index is 13.1. The number of anilines is 1. The summed E-state index contributed by atoms with van der Waals surface area (Å²) in [6.45, 7) is 2.24. The van der Waals surface area contributed by atoms with Crippen molar-refractivity contribution >= 4 is 40.1 Å². The van der Waals surface area contributed by atoms with E-state index in [9.17, 15) is 14.4 Å². The summed E-state index contributed by atoms with van der Waals surface area (Å²) in [5.74, 6) is -0.0787. The SMILES string of the molecule is COc1ccc(N2CCN(C(=O)c3cc4cc(Cl)ccc4oc3=O)C(C)C2=O)cc1. The van der Waals surface area contributed by atoms with Crippen LogP contribution in [0.2, 0.25) is 5.02 Å². The highest BCUT2D eigenvalue weighted by atomic mass is 35.5. The van der Waals surface area contributed by atoms with Crippen LogP contribution in [0.15, 0.2) is 57.7 Å². The lowest BCUT2D eigenvalue weighted by Crippen LogP contribution is -2.58. The van der Waals surface area contributed by atoms with Crippen LogP contribution in [0.1, 0.15) is 17.3 Å².